The molecule has 0 aromatic carbocycles. The second kappa shape index (κ2) is 5.07. The summed E-state index contributed by atoms with van der Waals surface area (Å²) in [6.45, 7) is 1.11. The van der Waals surface area contributed by atoms with Gasteiger partial charge in [0.15, 0.2) is 0 Å². The second-order valence-electron chi connectivity index (χ2n) is 5.89. The maximum Gasteiger partial charge on any atom is 0.328 e. The minimum atomic E-state index is -0.461. The molecule has 3 rings (SSSR count). The Bertz CT molecular complexity index is 446. The maximum atomic E-state index is 12.6. The van der Waals surface area contributed by atoms with Crippen LogP contribution in [0.15, 0.2) is 0 Å². The van der Waals surface area contributed by atoms with Gasteiger partial charge in [0.2, 0.25) is 11.8 Å². The van der Waals surface area contributed by atoms with Crippen LogP contribution in [0.5, 0.6) is 0 Å². The van der Waals surface area contributed by atoms with Gasteiger partial charge in [-0.05, 0) is 25.7 Å². The molecule has 1 aliphatic carbocycles. The van der Waals surface area contributed by atoms with Crippen molar-refractivity contribution in [3.8, 4) is 0 Å². The Morgan fingerprint density at radius 3 is 2.65 bits per heavy atom. The predicted molar refractivity (Wildman–Crippen MR) is 69.6 cm³/mol. The van der Waals surface area contributed by atoms with E-state index in [9.17, 15) is 14.4 Å². The third-order valence-corrected chi connectivity index (χ3v) is 4.50. The molecule has 0 N–H and O–H groups in total. The summed E-state index contributed by atoms with van der Waals surface area (Å²) in [5.41, 5.74) is 0. The first kappa shape index (κ1) is 13.4. The molecular weight excluding hydrogens is 260 g/mol. The van der Waals surface area contributed by atoms with Gasteiger partial charge in [-0.2, -0.15) is 0 Å². The van der Waals surface area contributed by atoms with Gasteiger partial charge in [-0.25, -0.2) is 4.79 Å². The van der Waals surface area contributed by atoms with E-state index in [-0.39, 0.29) is 23.7 Å². The Hall–Kier alpha value is -1.59. The van der Waals surface area contributed by atoms with Gasteiger partial charge in [-0.1, -0.05) is 0 Å². The number of nitrogens with zero attached hydrogens (tertiary/aromatic N) is 2. The molecule has 2 aliphatic heterocycles. The quantitative estimate of drug-likeness (QED) is 0.691. The van der Waals surface area contributed by atoms with Gasteiger partial charge in [-0.3, -0.25) is 9.59 Å². The van der Waals surface area contributed by atoms with Crippen molar-refractivity contribution in [2.24, 2.45) is 5.92 Å². The van der Waals surface area contributed by atoms with Crippen LogP contribution in [0.1, 0.15) is 32.1 Å². The number of carbonyl (C=O) groups is 3. The van der Waals surface area contributed by atoms with Crippen molar-refractivity contribution < 1.29 is 19.1 Å². The zero-order valence-electron chi connectivity index (χ0n) is 11.7. The zero-order chi connectivity index (χ0) is 14.3. The van der Waals surface area contributed by atoms with Gasteiger partial charge in [0.1, 0.15) is 6.04 Å². The highest BCUT2D eigenvalue weighted by atomic mass is 16.5. The Labute approximate surface area is 118 Å². The fourth-order valence-corrected chi connectivity index (χ4v) is 3.28. The number of likely N-dealkylation sites (tertiary alicyclic amines) is 2. The number of rotatable bonds is 3. The minimum absolute atomic E-state index is 0.0607. The number of amides is 2. The van der Waals surface area contributed by atoms with Crippen LogP contribution in [-0.4, -0.2) is 59.9 Å². The van der Waals surface area contributed by atoms with Crippen LogP contribution in [0, 0.1) is 5.92 Å². The highest BCUT2D eigenvalue weighted by molar-refractivity contribution is 5.92. The molecule has 2 saturated heterocycles. The van der Waals surface area contributed by atoms with E-state index in [1.165, 1.54) is 7.11 Å². The summed E-state index contributed by atoms with van der Waals surface area (Å²) >= 11 is 0. The van der Waals surface area contributed by atoms with Crippen molar-refractivity contribution in [1.29, 1.82) is 0 Å². The number of methoxy groups -OCH3 is 1. The first-order valence-electron chi connectivity index (χ1n) is 7.29. The van der Waals surface area contributed by atoms with Crippen molar-refractivity contribution in [3.63, 3.8) is 0 Å². The molecule has 0 aromatic heterocycles. The van der Waals surface area contributed by atoms with Gasteiger partial charge in [0.05, 0.1) is 13.0 Å². The summed E-state index contributed by atoms with van der Waals surface area (Å²) < 4.78 is 4.76. The smallest absolute Gasteiger partial charge is 0.328 e. The van der Waals surface area contributed by atoms with Crippen LogP contribution < -0.4 is 0 Å². The average molecular weight is 280 g/mol. The molecule has 0 spiro atoms. The fourth-order valence-electron chi connectivity index (χ4n) is 3.28. The Kier molecular flexibility index (Phi) is 3.40. The van der Waals surface area contributed by atoms with E-state index in [0.29, 0.717) is 32.0 Å². The molecule has 2 amide bonds. The molecule has 2 unspecified atom stereocenters. The van der Waals surface area contributed by atoms with Crippen molar-refractivity contribution in [2.75, 3.05) is 20.2 Å². The normalized spacial score (nSPS) is 29.9. The molecule has 0 bridgehead atoms. The molecule has 3 aliphatic rings. The first-order valence-corrected chi connectivity index (χ1v) is 7.29. The van der Waals surface area contributed by atoms with Crippen molar-refractivity contribution in [1.82, 2.24) is 9.80 Å². The summed E-state index contributed by atoms with van der Waals surface area (Å²) in [7, 11) is 1.34. The average Bonchev–Trinajstić information content (AvgIpc) is 3.03. The fraction of sp³-hybridized carbons (Fsp3) is 0.786. The number of ether oxygens (including phenoxy) is 1. The van der Waals surface area contributed by atoms with Crippen LogP contribution >= 0.6 is 0 Å². The Morgan fingerprint density at radius 1 is 1.25 bits per heavy atom. The molecule has 2 heterocycles. The lowest BCUT2D eigenvalue weighted by atomic mass is 10.1. The third-order valence-electron chi connectivity index (χ3n) is 4.50. The zero-order valence-corrected chi connectivity index (χ0v) is 11.7. The highest BCUT2D eigenvalue weighted by Gasteiger charge is 2.45. The largest absolute Gasteiger partial charge is 0.467 e. The lowest BCUT2D eigenvalue weighted by Gasteiger charge is -2.25. The second-order valence-corrected chi connectivity index (χ2v) is 5.89. The number of hydrogen-bond acceptors (Lipinski definition) is 4. The minimum Gasteiger partial charge on any atom is -0.467 e. The van der Waals surface area contributed by atoms with E-state index >= 15 is 0 Å². The molecule has 6 heteroatoms. The van der Waals surface area contributed by atoms with Crippen molar-refractivity contribution in [3.05, 3.63) is 0 Å². The van der Waals surface area contributed by atoms with Crippen molar-refractivity contribution in [2.45, 2.75) is 44.2 Å². The van der Waals surface area contributed by atoms with Gasteiger partial charge >= 0.3 is 5.97 Å². The Balaban J connectivity index is 1.66. The lowest BCUT2D eigenvalue weighted by molar-refractivity contribution is -0.152. The van der Waals surface area contributed by atoms with Crippen molar-refractivity contribution >= 4 is 17.8 Å². The van der Waals surface area contributed by atoms with Crippen LogP contribution in [-0.2, 0) is 19.1 Å². The summed E-state index contributed by atoms with van der Waals surface area (Å²) in [6, 6.07) is -0.104. The van der Waals surface area contributed by atoms with Crippen LogP contribution in [0.3, 0.4) is 0 Å². The summed E-state index contributed by atoms with van der Waals surface area (Å²) in [5.74, 6) is -0.610. The third kappa shape index (κ3) is 2.27. The summed E-state index contributed by atoms with van der Waals surface area (Å²) in [4.78, 5) is 39.6. The van der Waals surface area contributed by atoms with Gasteiger partial charge in [-0.15, -0.1) is 0 Å². The van der Waals surface area contributed by atoms with Crippen LogP contribution in [0.2, 0.25) is 0 Å². The van der Waals surface area contributed by atoms with E-state index in [2.05, 4.69) is 0 Å². The predicted octanol–water partition coefficient (Wildman–Crippen LogP) is 0.161. The van der Waals surface area contributed by atoms with E-state index in [1.807, 2.05) is 4.90 Å². The van der Waals surface area contributed by atoms with Crippen LogP contribution in [0.4, 0.5) is 0 Å². The molecule has 2 atom stereocenters. The first-order chi connectivity index (χ1) is 9.61. The Morgan fingerprint density at radius 2 is 2.00 bits per heavy atom. The molecule has 3 fully saturated rings. The monoisotopic (exact) mass is 280 g/mol. The molecule has 0 aromatic rings. The van der Waals surface area contributed by atoms with Gasteiger partial charge < -0.3 is 14.5 Å². The molecule has 0 radical (unpaired) electrons. The summed E-state index contributed by atoms with van der Waals surface area (Å²) in [5, 5.41) is 0. The highest BCUT2D eigenvalue weighted by Crippen LogP contribution is 2.34. The molecule has 110 valence electrons. The number of hydrogen-bond donors (Lipinski definition) is 0. The van der Waals surface area contributed by atoms with Gasteiger partial charge in [0, 0.05) is 25.6 Å². The van der Waals surface area contributed by atoms with E-state index in [0.717, 1.165) is 19.3 Å². The lowest BCUT2D eigenvalue weighted by Crippen LogP contribution is -2.44. The van der Waals surface area contributed by atoms with Crippen LogP contribution in [0.25, 0.3) is 0 Å². The number of carbonyl (C=O) groups excluding carboxylic acids is 3. The summed E-state index contributed by atoms with van der Waals surface area (Å²) in [6.07, 6.45) is 3.88. The SMILES string of the molecule is COC(=O)C1CCCN1C(=O)C1CC(=O)N(C2CC2)C1. The standard InChI is InChI=1S/C14H20N2O4/c1-20-14(19)11-3-2-6-15(11)13(18)9-7-12(17)16(8-9)10-4-5-10/h9-11H,2-8H2,1H3. The van der Waals surface area contributed by atoms with E-state index in [1.54, 1.807) is 4.90 Å². The molecule has 20 heavy (non-hydrogen) atoms. The molecule has 6 nitrogen and oxygen atoms in total. The van der Waals surface area contributed by atoms with Gasteiger partial charge in [0.25, 0.3) is 0 Å². The van der Waals surface area contributed by atoms with E-state index in [4.69, 9.17) is 4.74 Å². The maximum absolute atomic E-state index is 12.6. The molecule has 1 saturated carbocycles. The number of esters is 1. The molecular formula is C14H20N2O4. The topological polar surface area (TPSA) is 66.9 Å². The van der Waals surface area contributed by atoms with E-state index < -0.39 is 6.04 Å².